The zero-order valence-corrected chi connectivity index (χ0v) is 12.7. The Kier molecular flexibility index (Phi) is 3.81. The molecule has 0 spiro atoms. The van der Waals surface area contributed by atoms with Crippen LogP contribution in [0.1, 0.15) is 25.3 Å². The largest absolute Gasteiger partial charge is 0.550 e. The van der Waals surface area contributed by atoms with Crippen LogP contribution in [0.5, 0.6) is 0 Å². The molecule has 3 rings (SSSR count). The van der Waals surface area contributed by atoms with Gasteiger partial charge < -0.3 is 19.5 Å². The average Bonchev–Trinajstić information content (AvgIpc) is 3.27. The highest BCUT2D eigenvalue weighted by molar-refractivity contribution is 5.70. The topological polar surface area (TPSA) is 69.7 Å². The number of piperidine rings is 1. The number of carboxylic acids is 1. The van der Waals surface area contributed by atoms with E-state index in [0.29, 0.717) is 19.5 Å². The highest BCUT2D eigenvalue weighted by Gasteiger charge is 2.60. The molecule has 22 heavy (non-hydrogen) atoms. The molecule has 1 heterocycles. The van der Waals surface area contributed by atoms with E-state index in [0.717, 1.165) is 12.0 Å². The van der Waals surface area contributed by atoms with Crippen molar-refractivity contribution in [2.75, 3.05) is 13.1 Å². The second-order valence-corrected chi connectivity index (χ2v) is 6.41. The summed E-state index contributed by atoms with van der Waals surface area (Å²) in [5.41, 5.74) is 0.800. The van der Waals surface area contributed by atoms with E-state index in [2.05, 4.69) is 0 Å². The second-order valence-electron chi connectivity index (χ2n) is 6.41. The lowest BCUT2D eigenvalue weighted by molar-refractivity contribution is -0.313. The lowest BCUT2D eigenvalue weighted by Crippen LogP contribution is -2.44. The number of carbonyl (C=O) groups is 2. The first kappa shape index (κ1) is 14.9. The molecule has 0 bridgehead atoms. The van der Waals surface area contributed by atoms with Gasteiger partial charge in [0.2, 0.25) is 0 Å². The Morgan fingerprint density at radius 1 is 1.41 bits per heavy atom. The zero-order valence-electron chi connectivity index (χ0n) is 12.7. The number of aliphatic carboxylic acids is 1. The first-order chi connectivity index (χ1) is 10.5. The van der Waals surface area contributed by atoms with E-state index in [9.17, 15) is 14.7 Å². The summed E-state index contributed by atoms with van der Waals surface area (Å²) < 4.78 is 5.33. The summed E-state index contributed by atoms with van der Waals surface area (Å²) in [6, 6.07) is 9.56. The molecule has 0 aromatic heterocycles. The van der Waals surface area contributed by atoms with E-state index in [1.54, 1.807) is 11.8 Å². The number of hydrogen-bond donors (Lipinski definition) is 0. The van der Waals surface area contributed by atoms with Gasteiger partial charge in [-0.25, -0.2) is 4.79 Å². The fraction of sp³-hybridized carbons (Fsp3) is 0.529. The minimum atomic E-state index is -0.984. The van der Waals surface area contributed by atoms with Crippen molar-refractivity contribution in [1.29, 1.82) is 0 Å². The van der Waals surface area contributed by atoms with Crippen LogP contribution >= 0.6 is 0 Å². The maximum atomic E-state index is 12.1. The number of benzene rings is 1. The number of rotatable bonds is 4. The fourth-order valence-electron chi connectivity index (χ4n) is 3.61. The van der Waals surface area contributed by atoms with Crippen LogP contribution in [0.2, 0.25) is 0 Å². The monoisotopic (exact) mass is 302 g/mol. The summed E-state index contributed by atoms with van der Waals surface area (Å²) in [4.78, 5) is 24.9. The Morgan fingerprint density at radius 3 is 2.77 bits per heavy atom. The molecule has 1 aromatic carbocycles. The first-order valence-corrected chi connectivity index (χ1v) is 7.69. The summed E-state index contributed by atoms with van der Waals surface area (Å²) in [5, 5.41) is 11.1. The van der Waals surface area contributed by atoms with Gasteiger partial charge in [0.25, 0.3) is 0 Å². The third kappa shape index (κ3) is 2.67. The van der Waals surface area contributed by atoms with Crippen molar-refractivity contribution in [1.82, 2.24) is 4.90 Å². The predicted molar refractivity (Wildman–Crippen MR) is 77.5 cm³/mol. The summed E-state index contributed by atoms with van der Waals surface area (Å²) in [6.07, 6.45) is 1.27. The number of fused-ring (bicyclic) bond motifs is 1. The summed E-state index contributed by atoms with van der Waals surface area (Å²) in [7, 11) is 0. The number of hydrogen-bond acceptors (Lipinski definition) is 4. The maximum Gasteiger partial charge on any atom is 0.410 e. The van der Waals surface area contributed by atoms with E-state index < -0.39 is 11.9 Å². The highest BCUT2D eigenvalue weighted by atomic mass is 16.6. The van der Waals surface area contributed by atoms with Gasteiger partial charge in [0.1, 0.15) is 6.61 Å². The number of carbonyl (C=O) groups excluding carboxylic acids is 2. The Hall–Kier alpha value is -2.04. The van der Waals surface area contributed by atoms with Crippen molar-refractivity contribution in [2.45, 2.75) is 26.4 Å². The second kappa shape index (κ2) is 5.63. The van der Waals surface area contributed by atoms with Crippen molar-refractivity contribution in [3.63, 3.8) is 0 Å². The zero-order chi connectivity index (χ0) is 15.7. The first-order valence-electron chi connectivity index (χ1n) is 7.69. The predicted octanol–water partition coefficient (Wildman–Crippen LogP) is 1.42. The van der Waals surface area contributed by atoms with Crippen LogP contribution in [0.25, 0.3) is 0 Å². The molecule has 0 radical (unpaired) electrons. The SMILES string of the molecule is CC(C(=O)[O-])C12CCN(C(=O)OCc3ccccc3)CC1C2. The summed E-state index contributed by atoms with van der Waals surface area (Å²) in [5.74, 6) is -1.17. The van der Waals surface area contributed by atoms with Crippen molar-refractivity contribution in [2.24, 2.45) is 17.3 Å². The lowest BCUT2D eigenvalue weighted by atomic mass is 9.83. The van der Waals surface area contributed by atoms with E-state index in [-0.39, 0.29) is 24.0 Å². The van der Waals surface area contributed by atoms with Crippen LogP contribution in [0.15, 0.2) is 30.3 Å². The quantitative estimate of drug-likeness (QED) is 0.843. The fourth-order valence-corrected chi connectivity index (χ4v) is 3.61. The van der Waals surface area contributed by atoms with Gasteiger partial charge in [-0.2, -0.15) is 0 Å². The Bertz CT molecular complexity index is 573. The van der Waals surface area contributed by atoms with Crippen LogP contribution in [0.3, 0.4) is 0 Å². The Labute approximate surface area is 129 Å². The van der Waals surface area contributed by atoms with Crippen molar-refractivity contribution in [3.05, 3.63) is 35.9 Å². The van der Waals surface area contributed by atoms with Gasteiger partial charge >= 0.3 is 6.09 Å². The molecule has 5 heteroatoms. The normalized spacial score (nSPS) is 27.7. The van der Waals surface area contributed by atoms with Gasteiger partial charge in [-0.1, -0.05) is 37.3 Å². The van der Waals surface area contributed by atoms with Gasteiger partial charge in [0, 0.05) is 25.0 Å². The molecule has 0 N–H and O–H groups in total. The van der Waals surface area contributed by atoms with E-state index >= 15 is 0 Å². The molecule has 1 amide bonds. The van der Waals surface area contributed by atoms with Gasteiger partial charge in [-0.05, 0) is 29.7 Å². The molecule has 1 aliphatic carbocycles. The Balaban J connectivity index is 1.52. The summed E-state index contributed by atoms with van der Waals surface area (Å²) >= 11 is 0. The van der Waals surface area contributed by atoms with Crippen LogP contribution in [-0.2, 0) is 16.1 Å². The van der Waals surface area contributed by atoms with Gasteiger partial charge in [-0.15, -0.1) is 0 Å². The van der Waals surface area contributed by atoms with Gasteiger partial charge in [0.05, 0.1) is 0 Å². The molecule has 3 atom stereocenters. The average molecular weight is 302 g/mol. The lowest BCUT2D eigenvalue weighted by Gasteiger charge is -2.34. The minimum absolute atomic E-state index is 0.158. The third-order valence-electron chi connectivity index (χ3n) is 5.25. The van der Waals surface area contributed by atoms with E-state index in [1.807, 2.05) is 30.3 Å². The number of likely N-dealkylation sites (tertiary alicyclic amines) is 1. The van der Waals surface area contributed by atoms with Crippen molar-refractivity contribution >= 4 is 12.1 Å². The molecule has 1 aromatic rings. The molecule has 1 saturated heterocycles. The van der Waals surface area contributed by atoms with Crippen LogP contribution in [0.4, 0.5) is 4.79 Å². The van der Waals surface area contributed by atoms with Gasteiger partial charge in [-0.3, -0.25) is 0 Å². The Morgan fingerprint density at radius 2 is 2.14 bits per heavy atom. The molecule has 5 nitrogen and oxygen atoms in total. The molecule has 2 aliphatic rings. The number of carboxylic acid groups (broad SMARTS) is 1. The van der Waals surface area contributed by atoms with Crippen LogP contribution < -0.4 is 5.11 Å². The van der Waals surface area contributed by atoms with Crippen LogP contribution in [0, 0.1) is 17.3 Å². The smallest absolute Gasteiger partial charge is 0.410 e. The maximum absolute atomic E-state index is 12.1. The standard InChI is InChI=1S/C17H21NO4/c1-12(15(19)20)17-7-8-18(10-14(17)9-17)16(21)22-11-13-5-3-2-4-6-13/h2-6,12,14H,7-11H2,1H3,(H,19,20)/p-1. The van der Waals surface area contributed by atoms with E-state index in [4.69, 9.17) is 4.74 Å². The number of ether oxygens (including phenoxy) is 1. The third-order valence-corrected chi connectivity index (χ3v) is 5.25. The molecule has 3 unspecified atom stereocenters. The summed E-state index contributed by atoms with van der Waals surface area (Å²) in [6.45, 7) is 3.13. The van der Waals surface area contributed by atoms with E-state index in [1.165, 1.54) is 0 Å². The molecule has 1 saturated carbocycles. The minimum Gasteiger partial charge on any atom is -0.550 e. The molecule has 2 fully saturated rings. The van der Waals surface area contributed by atoms with Crippen LogP contribution in [-0.4, -0.2) is 30.1 Å². The van der Waals surface area contributed by atoms with Gasteiger partial charge in [0.15, 0.2) is 0 Å². The molecule has 118 valence electrons. The molecular weight excluding hydrogens is 282 g/mol. The number of amides is 1. The molecular formula is C17H20NO4-. The van der Waals surface area contributed by atoms with Crippen molar-refractivity contribution < 1.29 is 19.4 Å². The highest BCUT2D eigenvalue weighted by Crippen LogP contribution is 2.62. The number of nitrogens with zero attached hydrogens (tertiary/aromatic N) is 1. The van der Waals surface area contributed by atoms with Crippen molar-refractivity contribution in [3.8, 4) is 0 Å². The molecule has 1 aliphatic heterocycles.